The molecule has 0 aliphatic rings. The molecule has 4 aromatic carbocycles. The van der Waals surface area contributed by atoms with Gasteiger partial charge in [0, 0.05) is 5.56 Å². The predicted molar refractivity (Wildman–Crippen MR) is 117 cm³/mol. The summed E-state index contributed by atoms with van der Waals surface area (Å²) in [5.41, 5.74) is 5.51. The average molecular weight is 363 g/mol. The second kappa shape index (κ2) is 6.49. The van der Waals surface area contributed by atoms with Crippen molar-refractivity contribution in [3.63, 3.8) is 0 Å². The second-order valence-corrected chi connectivity index (χ2v) is 7.57. The van der Waals surface area contributed by atoms with Gasteiger partial charge in [-0.3, -0.25) is 0 Å². The van der Waals surface area contributed by atoms with Crippen LogP contribution in [0.2, 0.25) is 0 Å². The number of benzene rings is 4. The van der Waals surface area contributed by atoms with E-state index in [9.17, 15) is 0 Å². The van der Waals surface area contributed by atoms with Crippen molar-refractivity contribution in [2.45, 2.75) is 0 Å². The summed E-state index contributed by atoms with van der Waals surface area (Å²) in [6, 6.07) is 31.5. The largest absolute Gasteiger partial charge is 0.236 e. The van der Waals surface area contributed by atoms with E-state index in [1.807, 2.05) is 12.1 Å². The van der Waals surface area contributed by atoms with E-state index in [0.717, 1.165) is 27.2 Å². The lowest BCUT2D eigenvalue weighted by molar-refractivity contribution is 1.47. The molecule has 0 atom stereocenters. The Morgan fingerprint density at radius 1 is 0.741 bits per heavy atom. The zero-order valence-electron chi connectivity index (χ0n) is 14.7. The highest BCUT2D eigenvalue weighted by molar-refractivity contribution is 7.21. The van der Waals surface area contributed by atoms with Gasteiger partial charge in [0.1, 0.15) is 5.01 Å². The Labute approximate surface area is 162 Å². The third kappa shape index (κ3) is 2.75. The molecular formula is C25H17NS. The maximum absolute atomic E-state index is 4.95. The standard InChI is InChI=1S/C25H17NS/c1-17(18-9-3-2-4-10-18)20-16-15-19-11-5-6-12-21(19)24(20)25-26-22-13-7-8-14-23(22)27-25/h2-16H,1H2. The Kier molecular flexibility index (Phi) is 3.84. The third-order valence-electron chi connectivity index (χ3n) is 4.88. The highest BCUT2D eigenvalue weighted by Gasteiger charge is 2.16. The van der Waals surface area contributed by atoms with Gasteiger partial charge in [-0.1, -0.05) is 85.4 Å². The van der Waals surface area contributed by atoms with Crippen molar-refractivity contribution < 1.29 is 0 Å². The first kappa shape index (κ1) is 16.0. The van der Waals surface area contributed by atoms with Gasteiger partial charge in [-0.15, -0.1) is 11.3 Å². The molecule has 0 spiro atoms. The van der Waals surface area contributed by atoms with Crippen LogP contribution in [0, 0.1) is 0 Å². The number of rotatable bonds is 3. The zero-order chi connectivity index (χ0) is 18.2. The molecule has 0 unspecified atom stereocenters. The van der Waals surface area contributed by atoms with Crippen LogP contribution in [0.25, 0.3) is 37.1 Å². The van der Waals surface area contributed by atoms with Gasteiger partial charge in [0.25, 0.3) is 0 Å². The van der Waals surface area contributed by atoms with Crippen LogP contribution >= 0.6 is 11.3 Å². The smallest absolute Gasteiger partial charge is 0.125 e. The third-order valence-corrected chi connectivity index (χ3v) is 5.94. The van der Waals surface area contributed by atoms with Gasteiger partial charge >= 0.3 is 0 Å². The fraction of sp³-hybridized carbons (Fsp3) is 0. The summed E-state index contributed by atoms with van der Waals surface area (Å²) in [6.07, 6.45) is 0. The molecule has 0 radical (unpaired) electrons. The lowest BCUT2D eigenvalue weighted by Crippen LogP contribution is -1.92. The van der Waals surface area contributed by atoms with E-state index in [1.54, 1.807) is 11.3 Å². The van der Waals surface area contributed by atoms with E-state index in [-0.39, 0.29) is 0 Å². The van der Waals surface area contributed by atoms with Crippen LogP contribution in [0.5, 0.6) is 0 Å². The van der Waals surface area contributed by atoms with Crippen molar-refractivity contribution in [3.8, 4) is 10.6 Å². The molecule has 0 saturated heterocycles. The Morgan fingerprint density at radius 3 is 2.33 bits per heavy atom. The van der Waals surface area contributed by atoms with Gasteiger partial charge in [0.2, 0.25) is 0 Å². The minimum atomic E-state index is 1.02. The van der Waals surface area contributed by atoms with Crippen molar-refractivity contribution >= 4 is 37.9 Å². The summed E-state index contributed by atoms with van der Waals surface area (Å²) < 4.78 is 1.21. The van der Waals surface area contributed by atoms with E-state index in [0.29, 0.717) is 0 Å². The lowest BCUT2D eigenvalue weighted by atomic mass is 9.91. The first-order valence-corrected chi connectivity index (χ1v) is 9.75. The number of hydrogen-bond acceptors (Lipinski definition) is 2. The number of aromatic nitrogens is 1. The fourth-order valence-corrected chi connectivity index (χ4v) is 4.57. The van der Waals surface area contributed by atoms with Gasteiger partial charge in [0.05, 0.1) is 10.2 Å². The van der Waals surface area contributed by atoms with E-state index >= 15 is 0 Å². The molecule has 1 nitrogen and oxygen atoms in total. The Morgan fingerprint density at radius 2 is 1.48 bits per heavy atom. The lowest BCUT2D eigenvalue weighted by Gasteiger charge is -2.14. The van der Waals surface area contributed by atoms with Gasteiger partial charge in [0.15, 0.2) is 0 Å². The average Bonchev–Trinajstić information content (AvgIpc) is 3.17. The normalized spacial score (nSPS) is 11.1. The maximum atomic E-state index is 4.95. The molecule has 128 valence electrons. The van der Waals surface area contributed by atoms with Crippen LogP contribution in [0.3, 0.4) is 0 Å². The van der Waals surface area contributed by atoms with Crippen LogP contribution in [0.15, 0.2) is 97.6 Å². The van der Waals surface area contributed by atoms with E-state index in [1.165, 1.54) is 21.0 Å². The maximum Gasteiger partial charge on any atom is 0.125 e. The number of thiazole rings is 1. The van der Waals surface area contributed by atoms with Crippen molar-refractivity contribution in [1.82, 2.24) is 4.98 Å². The van der Waals surface area contributed by atoms with Crippen molar-refractivity contribution in [3.05, 3.63) is 109 Å². The predicted octanol–water partition coefficient (Wildman–Crippen LogP) is 7.18. The highest BCUT2D eigenvalue weighted by Crippen LogP contribution is 2.40. The molecule has 0 aliphatic heterocycles. The Hall–Kier alpha value is -3.23. The fourth-order valence-electron chi connectivity index (χ4n) is 3.53. The number of hydrogen-bond donors (Lipinski definition) is 0. The summed E-state index contributed by atoms with van der Waals surface area (Å²) in [6.45, 7) is 4.42. The van der Waals surface area contributed by atoms with E-state index in [4.69, 9.17) is 4.98 Å². The van der Waals surface area contributed by atoms with Crippen molar-refractivity contribution in [2.75, 3.05) is 0 Å². The topological polar surface area (TPSA) is 12.9 Å². The molecule has 0 N–H and O–H groups in total. The summed E-state index contributed by atoms with van der Waals surface area (Å²) in [4.78, 5) is 4.95. The zero-order valence-corrected chi connectivity index (χ0v) is 15.5. The minimum Gasteiger partial charge on any atom is -0.236 e. The first-order chi connectivity index (χ1) is 13.3. The molecule has 5 aromatic rings. The molecule has 0 amide bonds. The van der Waals surface area contributed by atoms with Crippen LogP contribution in [0.4, 0.5) is 0 Å². The Balaban J connectivity index is 1.81. The minimum absolute atomic E-state index is 1.02. The summed E-state index contributed by atoms with van der Waals surface area (Å²) in [7, 11) is 0. The highest BCUT2D eigenvalue weighted by atomic mass is 32.1. The summed E-state index contributed by atoms with van der Waals surface area (Å²) in [5, 5.41) is 3.47. The molecule has 1 aromatic heterocycles. The van der Waals surface area contributed by atoms with Crippen molar-refractivity contribution in [1.29, 1.82) is 0 Å². The van der Waals surface area contributed by atoms with Gasteiger partial charge in [-0.05, 0) is 39.6 Å². The quantitative estimate of drug-likeness (QED) is 0.331. The second-order valence-electron chi connectivity index (χ2n) is 6.54. The molecule has 0 bridgehead atoms. The van der Waals surface area contributed by atoms with Gasteiger partial charge < -0.3 is 0 Å². The molecule has 27 heavy (non-hydrogen) atoms. The van der Waals surface area contributed by atoms with Crippen LogP contribution in [-0.4, -0.2) is 4.98 Å². The van der Waals surface area contributed by atoms with Crippen LogP contribution in [-0.2, 0) is 0 Å². The SMILES string of the molecule is C=C(c1ccccc1)c1ccc2ccccc2c1-c1nc2ccccc2s1. The number of nitrogens with zero attached hydrogens (tertiary/aromatic N) is 1. The molecule has 5 rings (SSSR count). The Bertz CT molecular complexity index is 1250. The monoisotopic (exact) mass is 363 g/mol. The summed E-state index contributed by atoms with van der Waals surface area (Å²) in [5.74, 6) is 0. The van der Waals surface area contributed by atoms with Crippen LogP contribution < -0.4 is 0 Å². The van der Waals surface area contributed by atoms with Gasteiger partial charge in [-0.25, -0.2) is 4.98 Å². The van der Waals surface area contributed by atoms with Gasteiger partial charge in [-0.2, -0.15) is 0 Å². The number of para-hydroxylation sites is 1. The van der Waals surface area contributed by atoms with E-state index in [2.05, 4.69) is 85.4 Å². The number of fused-ring (bicyclic) bond motifs is 2. The van der Waals surface area contributed by atoms with E-state index < -0.39 is 0 Å². The molecule has 0 saturated carbocycles. The molecule has 1 heterocycles. The molecule has 2 heteroatoms. The first-order valence-electron chi connectivity index (χ1n) is 8.94. The molecular weight excluding hydrogens is 346 g/mol. The molecule has 0 fully saturated rings. The van der Waals surface area contributed by atoms with Crippen molar-refractivity contribution in [2.24, 2.45) is 0 Å². The summed E-state index contributed by atoms with van der Waals surface area (Å²) >= 11 is 1.74. The molecule has 0 aliphatic carbocycles. The van der Waals surface area contributed by atoms with Crippen LogP contribution in [0.1, 0.15) is 11.1 Å².